The number of fused-ring (bicyclic) bond motifs is 2. The number of nitrogens with zero attached hydrogens (tertiary/aromatic N) is 2. The van der Waals surface area contributed by atoms with E-state index >= 15 is 0 Å². The van der Waals surface area contributed by atoms with Gasteiger partial charge in [-0.1, -0.05) is 58.8 Å². The van der Waals surface area contributed by atoms with Gasteiger partial charge in [-0.05, 0) is 99.8 Å². The Labute approximate surface area is 243 Å². The summed E-state index contributed by atoms with van der Waals surface area (Å²) in [4.78, 5) is 18.0. The van der Waals surface area contributed by atoms with E-state index in [4.69, 9.17) is 15.9 Å². The quantitative estimate of drug-likeness (QED) is 0.118. The van der Waals surface area contributed by atoms with E-state index < -0.39 is 5.60 Å². The highest BCUT2D eigenvalue weighted by Gasteiger charge is 2.39. The summed E-state index contributed by atoms with van der Waals surface area (Å²) in [6.07, 6.45) is 16.7. The molecule has 220 valence electrons. The van der Waals surface area contributed by atoms with Crippen molar-refractivity contribution in [1.82, 2.24) is 9.80 Å². The van der Waals surface area contributed by atoms with Gasteiger partial charge < -0.3 is 14.4 Å². The lowest BCUT2D eigenvalue weighted by Crippen LogP contribution is -2.42. The van der Waals surface area contributed by atoms with E-state index in [1.54, 1.807) is 0 Å². The lowest BCUT2D eigenvalue weighted by Gasteiger charge is -2.42. The zero-order valence-electron chi connectivity index (χ0n) is 25.8. The van der Waals surface area contributed by atoms with Gasteiger partial charge in [-0.15, -0.1) is 6.42 Å². The largest absolute Gasteiger partial charge is 0.483 e. The summed E-state index contributed by atoms with van der Waals surface area (Å²) in [6.45, 7) is 16.8. The maximum Gasteiger partial charge on any atom is 0.311 e. The molecular formula is C35H52N2O3. The highest BCUT2D eigenvalue weighted by molar-refractivity contribution is 5.85. The topological polar surface area (TPSA) is 42.0 Å². The molecule has 0 aromatic heterocycles. The lowest BCUT2D eigenvalue weighted by molar-refractivity contribution is -0.134. The second-order valence-corrected chi connectivity index (χ2v) is 12.9. The van der Waals surface area contributed by atoms with Crippen LogP contribution in [-0.4, -0.2) is 60.6 Å². The Hall–Kier alpha value is -2.29. The first-order valence-corrected chi connectivity index (χ1v) is 15.9. The maximum atomic E-state index is 13.2. The van der Waals surface area contributed by atoms with Gasteiger partial charge in [0, 0.05) is 19.5 Å². The van der Waals surface area contributed by atoms with Gasteiger partial charge in [0.1, 0.15) is 17.1 Å². The molecule has 5 heteroatoms. The van der Waals surface area contributed by atoms with Crippen LogP contribution in [0.2, 0.25) is 0 Å². The Morgan fingerprint density at radius 2 is 1.88 bits per heavy atom. The molecule has 1 aromatic rings. The summed E-state index contributed by atoms with van der Waals surface area (Å²) in [5.74, 6) is 5.04. The van der Waals surface area contributed by atoms with Crippen LogP contribution in [0.15, 0.2) is 17.7 Å². The number of hydrogen-bond acceptors (Lipinski definition) is 5. The van der Waals surface area contributed by atoms with Gasteiger partial charge in [0.25, 0.3) is 0 Å². The van der Waals surface area contributed by atoms with Crippen LogP contribution < -0.4 is 9.47 Å². The van der Waals surface area contributed by atoms with Crippen LogP contribution in [0.1, 0.15) is 116 Å². The predicted octanol–water partition coefficient (Wildman–Crippen LogP) is 7.44. The third kappa shape index (κ3) is 7.51. The molecule has 3 aliphatic heterocycles. The van der Waals surface area contributed by atoms with Crippen LogP contribution in [0.25, 0.3) is 5.57 Å². The molecule has 0 amide bonds. The monoisotopic (exact) mass is 548 g/mol. The molecule has 0 spiro atoms. The first-order chi connectivity index (χ1) is 19.2. The van der Waals surface area contributed by atoms with Crippen LogP contribution in [0, 0.1) is 18.3 Å². The molecule has 5 nitrogen and oxygen atoms in total. The molecule has 0 aliphatic carbocycles. The molecule has 0 N–H and O–H groups in total. The highest BCUT2D eigenvalue weighted by Crippen LogP contribution is 2.49. The fourth-order valence-corrected chi connectivity index (χ4v) is 6.74. The lowest BCUT2D eigenvalue weighted by atomic mass is 9.79. The van der Waals surface area contributed by atoms with Gasteiger partial charge in [-0.25, -0.2) is 0 Å². The minimum atomic E-state index is -0.408. The first kappa shape index (κ1) is 30.7. The predicted molar refractivity (Wildman–Crippen MR) is 165 cm³/mol. The standard InChI is InChI=1S/C35H52N2O3/c1-7-9-11-15-26(3)27(4)28-23-31(39-33(38)16-14-21-36-19-12-10-13-20-36)34-29-25-37(18-8-2)22-17-30(29)35(5,6)40-32(34)24-28/h2,23-24,26-27H,7,9-22,25H2,1,3-6H3/t26-,27-/m1/s1. The summed E-state index contributed by atoms with van der Waals surface area (Å²) < 4.78 is 13.0. The number of carbonyl (C=O) groups is 1. The van der Waals surface area contributed by atoms with E-state index in [2.05, 4.69) is 62.5 Å². The van der Waals surface area contributed by atoms with Crippen molar-refractivity contribution in [3.63, 3.8) is 0 Å². The Kier molecular flexibility index (Phi) is 10.8. The normalized spacial score (nSPS) is 20.6. The van der Waals surface area contributed by atoms with Crippen LogP contribution >= 0.6 is 0 Å². The molecule has 4 rings (SSSR count). The molecule has 3 aliphatic rings. The molecule has 40 heavy (non-hydrogen) atoms. The van der Waals surface area contributed by atoms with Crippen LogP contribution in [0.3, 0.4) is 0 Å². The number of terminal acetylenes is 1. The summed E-state index contributed by atoms with van der Waals surface area (Å²) in [5, 5.41) is 0. The molecule has 0 saturated carbocycles. The highest BCUT2D eigenvalue weighted by atomic mass is 16.5. The molecule has 1 fully saturated rings. The van der Waals surface area contributed by atoms with E-state index in [1.807, 2.05) is 0 Å². The Balaban J connectivity index is 1.62. The Morgan fingerprint density at radius 1 is 1.10 bits per heavy atom. The maximum absolute atomic E-state index is 13.2. The van der Waals surface area contributed by atoms with Gasteiger partial charge in [0.05, 0.1) is 12.1 Å². The molecule has 2 atom stereocenters. The number of likely N-dealkylation sites (tertiary alicyclic amines) is 1. The minimum absolute atomic E-state index is 0.150. The number of carbonyl (C=O) groups excluding carboxylic acids is 1. The number of piperidine rings is 1. The average molecular weight is 549 g/mol. The molecule has 0 bridgehead atoms. The van der Waals surface area contributed by atoms with Crippen molar-refractivity contribution in [2.75, 3.05) is 39.3 Å². The fourth-order valence-electron chi connectivity index (χ4n) is 6.74. The molecular weight excluding hydrogens is 496 g/mol. The summed E-state index contributed by atoms with van der Waals surface area (Å²) in [7, 11) is 0. The smallest absolute Gasteiger partial charge is 0.311 e. The van der Waals surface area contributed by atoms with Crippen LogP contribution in [0.4, 0.5) is 0 Å². The number of unbranched alkanes of at least 4 members (excludes halogenated alkanes) is 2. The first-order valence-electron chi connectivity index (χ1n) is 15.9. The van der Waals surface area contributed by atoms with Gasteiger partial charge >= 0.3 is 5.97 Å². The van der Waals surface area contributed by atoms with Crippen molar-refractivity contribution in [3.05, 3.63) is 28.8 Å². The second kappa shape index (κ2) is 14.1. The van der Waals surface area contributed by atoms with Crippen LogP contribution in [0.5, 0.6) is 11.5 Å². The van der Waals surface area contributed by atoms with Crippen molar-refractivity contribution in [1.29, 1.82) is 0 Å². The number of ether oxygens (including phenoxy) is 2. The van der Waals surface area contributed by atoms with Crippen molar-refractivity contribution in [3.8, 4) is 23.8 Å². The van der Waals surface area contributed by atoms with Gasteiger partial charge in [0.2, 0.25) is 0 Å². The molecule has 1 saturated heterocycles. The van der Waals surface area contributed by atoms with Crippen molar-refractivity contribution in [2.45, 2.75) is 110 Å². The minimum Gasteiger partial charge on any atom is -0.483 e. The van der Waals surface area contributed by atoms with E-state index in [0.29, 0.717) is 30.6 Å². The van der Waals surface area contributed by atoms with E-state index in [-0.39, 0.29) is 5.97 Å². The number of benzene rings is 1. The Morgan fingerprint density at radius 3 is 2.60 bits per heavy atom. The number of rotatable bonds is 12. The zero-order chi connectivity index (χ0) is 28.7. The third-order valence-electron chi connectivity index (χ3n) is 9.39. The number of hydrogen-bond donors (Lipinski definition) is 0. The summed E-state index contributed by atoms with van der Waals surface area (Å²) >= 11 is 0. The summed E-state index contributed by atoms with van der Waals surface area (Å²) in [6, 6.07) is 4.35. The van der Waals surface area contributed by atoms with Crippen molar-refractivity contribution in [2.24, 2.45) is 5.92 Å². The van der Waals surface area contributed by atoms with Gasteiger partial charge in [-0.3, -0.25) is 9.69 Å². The van der Waals surface area contributed by atoms with E-state index in [0.717, 1.165) is 56.9 Å². The van der Waals surface area contributed by atoms with Crippen molar-refractivity contribution >= 4 is 11.5 Å². The second-order valence-electron chi connectivity index (χ2n) is 12.9. The fraction of sp³-hybridized carbons (Fsp3) is 0.686. The molecule has 0 radical (unpaired) electrons. The van der Waals surface area contributed by atoms with Crippen LogP contribution in [-0.2, 0) is 4.79 Å². The molecule has 0 unspecified atom stereocenters. The van der Waals surface area contributed by atoms with Crippen molar-refractivity contribution < 1.29 is 14.3 Å². The Bertz CT molecular complexity index is 1090. The van der Waals surface area contributed by atoms with Gasteiger partial charge in [0.15, 0.2) is 0 Å². The zero-order valence-corrected chi connectivity index (χ0v) is 25.8. The number of esters is 1. The summed E-state index contributed by atoms with van der Waals surface area (Å²) in [5.41, 5.74) is 4.25. The SMILES string of the molecule is C#CCN1CCC2=C(C1)c1c(OC(=O)CCCN3CCCCC3)cc([C@H](C)[C@H](C)CCCCC)cc1OC2(C)C. The molecule has 1 aromatic carbocycles. The van der Waals surface area contributed by atoms with E-state index in [1.165, 1.54) is 61.7 Å². The average Bonchev–Trinajstić information content (AvgIpc) is 2.92. The van der Waals surface area contributed by atoms with E-state index in [9.17, 15) is 4.79 Å². The molecule has 3 heterocycles. The third-order valence-corrected chi connectivity index (χ3v) is 9.39. The van der Waals surface area contributed by atoms with Gasteiger partial charge in [-0.2, -0.15) is 0 Å².